The number of halogens is 1. The van der Waals surface area contributed by atoms with Gasteiger partial charge in [0.15, 0.2) is 29.0 Å². The van der Waals surface area contributed by atoms with E-state index in [1.807, 2.05) is 50.2 Å². The smallest absolute Gasteiger partial charge is 0.196 e. The number of para-hydroxylation sites is 1. The molecule has 7 nitrogen and oxygen atoms in total. The van der Waals surface area contributed by atoms with E-state index >= 15 is 0 Å². The molecule has 1 aliphatic heterocycles. The Labute approximate surface area is 195 Å². The van der Waals surface area contributed by atoms with E-state index in [9.17, 15) is 0 Å². The fourth-order valence-corrected chi connectivity index (χ4v) is 3.01. The summed E-state index contributed by atoms with van der Waals surface area (Å²) < 4.78 is 22.7. The number of ether oxygens (including phenoxy) is 4. The number of methoxy groups -OCH3 is 1. The fourth-order valence-electron chi connectivity index (χ4n) is 3.01. The standard InChI is InChI=1S/C22H29N3O4.HI/c1-4-23-22(25-17-10-11-18(26-3)20(14-17)27-5-2)24-15-16-8-6-9-19-21(16)29-13-7-12-28-19;/h6,8-11,14H,4-5,7,12-13,15H2,1-3H3,(H2,23,24,25);1H. The molecule has 8 heteroatoms. The zero-order valence-electron chi connectivity index (χ0n) is 17.7. The number of anilines is 1. The average Bonchev–Trinajstić information content (AvgIpc) is 2.99. The lowest BCUT2D eigenvalue weighted by atomic mass is 10.2. The quantitative estimate of drug-likeness (QED) is 0.315. The maximum Gasteiger partial charge on any atom is 0.196 e. The highest BCUT2D eigenvalue weighted by molar-refractivity contribution is 14.0. The Kier molecular flexibility index (Phi) is 9.85. The van der Waals surface area contributed by atoms with Crippen molar-refractivity contribution in [3.8, 4) is 23.0 Å². The van der Waals surface area contributed by atoms with Crippen molar-refractivity contribution < 1.29 is 18.9 Å². The Morgan fingerprint density at radius 1 is 1.10 bits per heavy atom. The molecular formula is C22H30IN3O4. The predicted octanol–water partition coefficient (Wildman–Crippen LogP) is 4.45. The molecule has 1 aliphatic rings. The molecule has 0 atom stereocenters. The average molecular weight is 527 g/mol. The summed E-state index contributed by atoms with van der Waals surface area (Å²) in [6.45, 7) is 7.07. The minimum atomic E-state index is 0. The lowest BCUT2D eigenvalue weighted by Crippen LogP contribution is -2.30. The van der Waals surface area contributed by atoms with Crippen molar-refractivity contribution in [3.05, 3.63) is 42.0 Å². The number of rotatable bonds is 7. The van der Waals surface area contributed by atoms with E-state index < -0.39 is 0 Å². The van der Waals surface area contributed by atoms with Gasteiger partial charge < -0.3 is 29.6 Å². The van der Waals surface area contributed by atoms with Crippen molar-refractivity contribution in [1.82, 2.24) is 5.32 Å². The zero-order valence-corrected chi connectivity index (χ0v) is 20.0. The van der Waals surface area contributed by atoms with E-state index in [0.717, 1.165) is 35.7 Å². The van der Waals surface area contributed by atoms with Crippen LogP contribution in [0.15, 0.2) is 41.4 Å². The molecule has 0 aliphatic carbocycles. The van der Waals surface area contributed by atoms with Gasteiger partial charge in [0, 0.05) is 30.3 Å². The third kappa shape index (κ3) is 6.32. The Bertz CT molecular complexity index is 845. The number of nitrogens with zero attached hydrogens (tertiary/aromatic N) is 1. The van der Waals surface area contributed by atoms with Gasteiger partial charge in [-0.1, -0.05) is 12.1 Å². The molecule has 0 saturated heterocycles. The molecule has 0 bridgehead atoms. The van der Waals surface area contributed by atoms with Crippen molar-refractivity contribution in [2.75, 3.05) is 38.8 Å². The normalized spacial score (nSPS) is 13.0. The van der Waals surface area contributed by atoms with Crippen LogP contribution in [0, 0.1) is 0 Å². The second-order valence-electron chi connectivity index (χ2n) is 6.41. The number of guanidine groups is 1. The Balaban J connectivity index is 0.00000320. The molecule has 2 N–H and O–H groups in total. The van der Waals surface area contributed by atoms with Crippen LogP contribution < -0.4 is 29.6 Å². The first-order valence-electron chi connectivity index (χ1n) is 9.98. The van der Waals surface area contributed by atoms with Crippen LogP contribution >= 0.6 is 24.0 Å². The molecule has 0 radical (unpaired) electrons. The van der Waals surface area contributed by atoms with Crippen molar-refractivity contribution in [2.45, 2.75) is 26.8 Å². The number of hydrogen-bond donors (Lipinski definition) is 2. The molecule has 0 unspecified atom stereocenters. The van der Waals surface area contributed by atoms with E-state index in [-0.39, 0.29) is 24.0 Å². The minimum absolute atomic E-state index is 0. The van der Waals surface area contributed by atoms with Crippen LogP contribution in [0.1, 0.15) is 25.8 Å². The highest BCUT2D eigenvalue weighted by atomic mass is 127. The van der Waals surface area contributed by atoms with Crippen molar-refractivity contribution in [2.24, 2.45) is 4.99 Å². The van der Waals surface area contributed by atoms with Gasteiger partial charge in [0.25, 0.3) is 0 Å². The van der Waals surface area contributed by atoms with Gasteiger partial charge in [-0.05, 0) is 32.0 Å². The maximum atomic E-state index is 5.89. The minimum Gasteiger partial charge on any atom is -0.493 e. The first-order valence-corrected chi connectivity index (χ1v) is 9.98. The summed E-state index contributed by atoms with van der Waals surface area (Å²) in [5.74, 6) is 3.63. The Hall–Kier alpha value is -2.36. The highest BCUT2D eigenvalue weighted by Gasteiger charge is 2.14. The van der Waals surface area contributed by atoms with Gasteiger partial charge in [0.05, 0.1) is 33.5 Å². The van der Waals surface area contributed by atoms with Gasteiger partial charge in [0.2, 0.25) is 0 Å². The Morgan fingerprint density at radius 2 is 1.93 bits per heavy atom. The summed E-state index contributed by atoms with van der Waals surface area (Å²) in [5.41, 5.74) is 1.85. The van der Waals surface area contributed by atoms with Crippen LogP contribution in [0.25, 0.3) is 0 Å². The number of aliphatic imine (C=N–C) groups is 1. The van der Waals surface area contributed by atoms with E-state index in [2.05, 4.69) is 10.6 Å². The van der Waals surface area contributed by atoms with Crippen LogP contribution in [-0.4, -0.2) is 39.4 Å². The highest BCUT2D eigenvalue weighted by Crippen LogP contribution is 2.34. The van der Waals surface area contributed by atoms with Crippen LogP contribution in [0.4, 0.5) is 5.69 Å². The van der Waals surface area contributed by atoms with Gasteiger partial charge in [0.1, 0.15) is 0 Å². The first kappa shape index (κ1) is 23.9. The molecule has 30 heavy (non-hydrogen) atoms. The molecule has 2 aromatic rings. The molecule has 0 amide bonds. The second kappa shape index (κ2) is 12.4. The van der Waals surface area contributed by atoms with E-state index in [1.165, 1.54) is 0 Å². The summed E-state index contributed by atoms with van der Waals surface area (Å²) in [6, 6.07) is 11.6. The van der Waals surface area contributed by atoms with Gasteiger partial charge in [-0.25, -0.2) is 4.99 Å². The van der Waals surface area contributed by atoms with Gasteiger partial charge in [-0.2, -0.15) is 0 Å². The third-order valence-electron chi connectivity index (χ3n) is 4.33. The fraction of sp³-hybridized carbons (Fsp3) is 0.409. The number of fused-ring (bicyclic) bond motifs is 1. The third-order valence-corrected chi connectivity index (χ3v) is 4.33. The summed E-state index contributed by atoms with van der Waals surface area (Å²) in [5, 5.41) is 6.59. The Morgan fingerprint density at radius 3 is 2.70 bits per heavy atom. The molecule has 0 saturated carbocycles. The molecular weight excluding hydrogens is 497 g/mol. The van der Waals surface area contributed by atoms with Crippen LogP contribution in [0.3, 0.4) is 0 Å². The van der Waals surface area contributed by atoms with E-state index in [1.54, 1.807) is 7.11 Å². The zero-order chi connectivity index (χ0) is 20.5. The molecule has 0 spiro atoms. The summed E-state index contributed by atoms with van der Waals surface area (Å²) in [7, 11) is 1.63. The van der Waals surface area contributed by atoms with Crippen LogP contribution in [0.2, 0.25) is 0 Å². The summed E-state index contributed by atoms with van der Waals surface area (Å²) in [6.07, 6.45) is 0.876. The van der Waals surface area contributed by atoms with Crippen LogP contribution in [-0.2, 0) is 6.54 Å². The second-order valence-corrected chi connectivity index (χ2v) is 6.41. The largest absolute Gasteiger partial charge is 0.493 e. The summed E-state index contributed by atoms with van der Waals surface area (Å²) in [4.78, 5) is 4.72. The molecule has 0 aromatic heterocycles. The van der Waals surface area contributed by atoms with E-state index in [4.69, 9.17) is 23.9 Å². The lowest BCUT2D eigenvalue weighted by Gasteiger charge is -2.15. The topological polar surface area (TPSA) is 73.3 Å². The molecule has 1 heterocycles. The maximum absolute atomic E-state index is 5.89. The van der Waals surface area contributed by atoms with Crippen molar-refractivity contribution in [3.63, 3.8) is 0 Å². The SMILES string of the molecule is CCNC(=NCc1cccc2c1OCCCO2)Nc1ccc(OC)c(OCC)c1.I. The first-order chi connectivity index (χ1) is 14.2. The van der Waals surface area contributed by atoms with Gasteiger partial charge in [-0.3, -0.25) is 0 Å². The summed E-state index contributed by atoms with van der Waals surface area (Å²) >= 11 is 0. The van der Waals surface area contributed by atoms with Crippen molar-refractivity contribution in [1.29, 1.82) is 0 Å². The van der Waals surface area contributed by atoms with Gasteiger partial charge in [-0.15, -0.1) is 24.0 Å². The van der Waals surface area contributed by atoms with E-state index in [0.29, 0.717) is 43.8 Å². The molecule has 164 valence electrons. The van der Waals surface area contributed by atoms with Gasteiger partial charge >= 0.3 is 0 Å². The number of hydrogen-bond acceptors (Lipinski definition) is 5. The molecule has 2 aromatic carbocycles. The van der Waals surface area contributed by atoms with Crippen molar-refractivity contribution >= 4 is 35.6 Å². The number of benzene rings is 2. The molecule has 3 rings (SSSR count). The monoisotopic (exact) mass is 527 g/mol. The number of nitrogens with one attached hydrogen (secondary N) is 2. The molecule has 0 fully saturated rings. The lowest BCUT2D eigenvalue weighted by molar-refractivity contribution is 0.296. The van der Waals surface area contributed by atoms with Crippen LogP contribution in [0.5, 0.6) is 23.0 Å². The predicted molar refractivity (Wildman–Crippen MR) is 130 cm³/mol.